The number of methoxy groups -OCH3 is 1. The number of rotatable bonds is 7. The van der Waals surface area contributed by atoms with Gasteiger partial charge in [-0.15, -0.1) is 0 Å². The van der Waals surface area contributed by atoms with E-state index >= 15 is 4.39 Å². The summed E-state index contributed by atoms with van der Waals surface area (Å²) in [5, 5.41) is 22.8. The molecule has 3 atom stereocenters. The monoisotopic (exact) mass is 518 g/mol. The van der Waals surface area contributed by atoms with Gasteiger partial charge < -0.3 is 25.2 Å². The maximum absolute atomic E-state index is 15.4. The molecule has 0 aliphatic carbocycles. The molecule has 2 aromatic carbocycles. The topological polar surface area (TPSA) is 108 Å². The molecule has 198 valence electrons. The molecule has 0 spiro atoms. The van der Waals surface area contributed by atoms with Gasteiger partial charge >= 0.3 is 5.92 Å². The number of alkyl halides is 2. The number of ether oxygens (including phenoxy) is 1. The number of benzene rings is 2. The normalized spacial score (nSPS) is 20.2. The number of aryl methyl sites for hydroxylation is 1. The summed E-state index contributed by atoms with van der Waals surface area (Å²) in [5.74, 6) is -4.78. The van der Waals surface area contributed by atoms with Gasteiger partial charge in [-0.3, -0.25) is 4.79 Å². The SMILES string of the molecule is CO[C@]1(C)C(=O)N(C)c2cc3c(N[C@H](C)c4cccc(C(F)(F)[C@@](C)(O)CO)c4F)nc(C)nc3cc21. The molecule has 0 unspecified atom stereocenters. The summed E-state index contributed by atoms with van der Waals surface area (Å²) in [6.45, 7) is 4.42. The van der Waals surface area contributed by atoms with Crippen LogP contribution in [-0.2, 0) is 21.1 Å². The molecule has 0 radical (unpaired) electrons. The van der Waals surface area contributed by atoms with E-state index in [1.165, 1.54) is 24.1 Å². The van der Waals surface area contributed by atoms with Crippen molar-refractivity contribution >= 4 is 28.3 Å². The Morgan fingerprint density at radius 1 is 1.27 bits per heavy atom. The largest absolute Gasteiger partial charge is 0.393 e. The van der Waals surface area contributed by atoms with Gasteiger partial charge in [-0.1, -0.05) is 12.1 Å². The highest BCUT2D eigenvalue weighted by atomic mass is 19.3. The van der Waals surface area contributed by atoms with Gasteiger partial charge in [0.1, 0.15) is 17.5 Å². The number of carbonyl (C=O) groups is 1. The fraction of sp³-hybridized carbons (Fsp3) is 0.423. The van der Waals surface area contributed by atoms with Crippen molar-refractivity contribution in [2.75, 3.05) is 31.0 Å². The quantitative estimate of drug-likeness (QED) is 0.435. The molecule has 3 N–H and O–H groups in total. The van der Waals surface area contributed by atoms with E-state index in [0.717, 1.165) is 13.0 Å². The van der Waals surface area contributed by atoms with E-state index in [0.29, 0.717) is 33.8 Å². The number of aromatic nitrogens is 2. The number of carbonyl (C=O) groups excluding carboxylic acids is 1. The minimum Gasteiger partial charge on any atom is -0.393 e. The molecule has 0 saturated carbocycles. The number of amides is 1. The maximum atomic E-state index is 15.4. The van der Waals surface area contributed by atoms with Crippen LogP contribution >= 0.6 is 0 Å². The lowest BCUT2D eigenvalue weighted by atomic mass is 9.90. The lowest BCUT2D eigenvalue weighted by molar-refractivity contribution is -0.197. The summed E-state index contributed by atoms with van der Waals surface area (Å²) in [4.78, 5) is 23.3. The highest BCUT2D eigenvalue weighted by molar-refractivity contribution is 6.09. The zero-order valence-electron chi connectivity index (χ0n) is 21.4. The van der Waals surface area contributed by atoms with Crippen LogP contribution in [0.2, 0.25) is 0 Å². The molecule has 8 nitrogen and oxygen atoms in total. The van der Waals surface area contributed by atoms with Crippen LogP contribution in [0.15, 0.2) is 30.3 Å². The number of aliphatic hydroxyl groups is 2. The number of anilines is 2. The Balaban J connectivity index is 1.79. The number of nitrogens with one attached hydrogen (secondary N) is 1. The van der Waals surface area contributed by atoms with Crippen LogP contribution in [0.5, 0.6) is 0 Å². The predicted molar refractivity (Wildman–Crippen MR) is 132 cm³/mol. The van der Waals surface area contributed by atoms with Crippen LogP contribution < -0.4 is 10.2 Å². The van der Waals surface area contributed by atoms with Crippen molar-refractivity contribution < 1.29 is 32.9 Å². The Labute approximate surface area is 212 Å². The average molecular weight is 519 g/mol. The van der Waals surface area contributed by atoms with Crippen molar-refractivity contribution in [3.63, 3.8) is 0 Å². The number of hydrogen-bond donors (Lipinski definition) is 3. The van der Waals surface area contributed by atoms with Crippen LogP contribution in [-0.4, -0.2) is 52.5 Å². The number of likely N-dealkylation sites (N-methyl/N-ethyl adjacent to an activating group) is 1. The molecule has 1 amide bonds. The van der Waals surface area contributed by atoms with Gasteiger partial charge in [-0.25, -0.2) is 14.4 Å². The van der Waals surface area contributed by atoms with Crippen LogP contribution in [0.25, 0.3) is 10.9 Å². The van der Waals surface area contributed by atoms with Crippen molar-refractivity contribution in [2.45, 2.75) is 50.9 Å². The summed E-state index contributed by atoms with van der Waals surface area (Å²) in [7, 11) is 3.08. The van der Waals surface area contributed by atoms with E-state index in [1.807, 2.05) is 0 Å². The van der Waals surface area contributed by atoms with Crippen molar-refractivity contribution in [1.82, 2.24) is 9.97 Å². The van der Waals surface area contributed by atoms with Gasteiger partial charge in [0, 0.05) is 30.7 Å². The summed E-state index contributed by atoms with van der Waals surface area (Å²) in [6.07, 6.45) is 0. The predicted octanol–water partition coefficient (Wildman–Crippen LogP) is 3.92. The Kier molecular flexibility index (Phi) is 6.46. The Bertz CT molecular complexity index is 1400. The lowest BCUT2D eigenvalue weighted by Gasteiger charge is -2.32. The molecule has 0 bridgehead atoms. The first-order valence-corrected chi connectivity index (χ1v) is 11.6. The van der Waals surface area contributed by atoms with Crippen LogP contribution in [0, 0.1) is 12.7 Å². The van der Waals surface area contributed by atoms with Crippen molar-refractivity contribution in [3.05, 3.63) is 58.7 Å². The molecule has 2 heterocycles. The first-order valence-electron chi connectivity index (χ1n) is 11.6. The van der Waals surface area contributed by atoms with Crippen LogP contribution in [0.4, 0.5) is 24.7 Å². The van der Waals surface area contributed by atoms with Gasteiger partial charge in [-0.2, -0.15) is 8.78 Å². The second kappa shape index (κ2) is 8.93. The highest BCUT2D eigenvalue weighted by Gasteiger charge is 2.52. The Morgan fingerprint density at radius 2 is 1.95 bits per heavy atom. The van der Waals surface area contributed by atoms with Crippen LogP contribution in [0.3, 0.4) is 0 Å². The molecule has 37 heavy (non-hydrogen) atoms. The smallest absolute Gasteiger partial charge is 0.306 e. The van der Waals surface area contributed by atoms with E-state index in [-0.39, 0.29) is 11.5 Å². The number of aliphatic hydroxyl groups excluding tert-OH is 1. The lowest BCUT2D eigenvalue weighted by Crippen LogP contribution is -2.47. The number of halogens is 3. The summed E-state index contributed by atoms with van der Waals surface area (Å²) in [6, 6.07) is 6.15. The van der Waals surface area contributed by atoms with E-state index < -0.39 is 41.2 Å². The molecule has 1 aliphatic rings. The third kappa shape index (κ3) is 4.01. The van der Waals surface area contributed by atoms with E-state index in [1.54, 1.807) is 40.0 Å². The van der Waals surface area contributed by atoms with E-state index in [9.17, 15) is 23.8 Å². The second-order valence-electron chi connectivity index (χ2n) is 9.69. The highest BCUT2D eigenvalue weighted by Crippen LogP contribution is 2.45. The fourth-order valence-electron chi connectivity index (χ4n) is 4.59. The number of nitrogens with zero attached hydrogens (tertiary/aromatic N) is 3. The zero-order valence-corrected chi connectivity index (χ0v) is 21.4. The standard InChI is InChI=1S/C26H29F3N4O4/c1-13(15-8-7-9-17(21(15)27)26(28,29)24(3,36)12-34)30-22-16-10-20-18(11-19(16)31-14(2)32-22)25(4,37-6)23(35)33(20)5/h7-11,13,34,36H,12H2,1-6H3,(H,30,31,32)/t13-,24+,25+/m1/s1. The summed E-state index contributed by atoms with van der Waals surface area (Å²) < 4.78 is 50.7. The molecule has 0 fully saturated rings. The maximum Gasteiger partial charge on any atom is 0.306 e. The zero-order chi connectivity index (χ0) is 27.5. The van der Waals surface area contributed by atoms with Gasteiger partial charge in [0.15, 0.2) is 11.2 Å². The number of hydrogen-bond acceptors (Lipinski definition) is 7. The van der Waals surface area contributed by atoms with Crippen molar-refractivity contribution in [3.8, 4) is 0 Å². The molecule has 0 saturated heterocycles. The molecule has 11 heteroatoms. The second-order valence-corrected chi connectivity index (χ2v) is 9.69. The van der Waals surface area contributed by atoms with Crippen molar-refractivity contribution in [1.29, 1.82) is 0 Å². The third-order valence-electron chi connectivity index (χ3n) is 7.09. The summed E-state index contributed by atoms with van der Waals surface area (Å²) in [5.41, 5.74) is -3.39. The average Bonchev–Trinajstić information content (AvgIpc) is 3.03. The Hall–Kier alpha value is -3.28. The van der Waals surface area contributed by atoms with E-state index in [4.69, 9.17) is 4.74 Å². The van der Waals surface area contributed by atoms with Gasteiger partial charge in [0.2, 0.25) is 0 Å². The fourth-order valence-corrected chi connectivity index (χ4v) is 4.59. The summed E-state index contributed by atoms with van der Waals surface area (Å²) >= 11 is 0. The Morgan fingerprint density at radius 3 is 2.57 bits per heavy atom. The van der Waals surface area contributed by atoms with Crippen LogP contribution in [0.1, 0.15) is 49.3 Å². The minimum atomic E-state index is -4.05. The molecule has 1 aromatic heterocycles. The first kappa shape index (κ1) is 26.8. The van der Waals surface area contributed by atoms with Gasteiger partial charge in [0.25, 0.3) is 5.91 Å². The molecular weight excluding hydrogens is 489 g/mol. The minimum absolute atomic E-state index is 0.0873. The third-order valence-corrected chi connectivity index (χ3v) is 7.09. The number of fused-ring (bicyclic) bond motifs is 2. The van der Waals surface area contributed by atoms with Crippen molar-refractivity contribution in [2.24, 2.45) is 0 Å². The molecule has 1 aliphatic heterocycles. The van der Waals surface area contributed by atoms with E-state index in [2.05, 4.69) is 15.3 Å². The van der Waals surface area contributed by atoms with Gasteiger partial charge in [0.05, 0.1) is 29.4 Å². The molecule has 3 aromatic rings. The van der Waals surface area contributed by atoms with Gasteiger partial charge in [-0.05, 0) is 45.9 Å². The first-order chi connectivity index (χ1) is 17.2. The molecule has 4 rings (SSSR count). The molecular formula is C26H29F3N4O4.